The predicted molar refractivity (Wildman–Crippen MR) is 141 cm³/mol. The van der Waals surface area contributed by atoms with E-state index in [1.807, 2.05) is 0 Å². The molecule has 1 atom stereocenters. The van der Waals surface area contributed by atoms with E-state index in [9.17, 15) is 14.7 Å². The van der Waals surface area contributed by atoms with E-state index in [0.29, 0.717) is 37.8 Å². The van der Waals surface area contributed by atoms with Crippen LogP contribution in [0.2, 0.25) is 20.1 Å². The molecule has 35 heavy (non-hydrogen) atoms. The van der Waals surface area contributed by atoms with E-state index >= 15 is 0 Å². The Bertz CT molecular complexity index is 1440. The van der Waals surface area contributed by atoms with Gasteiger partial charge in [0, 0.05) is 10.9 Å². The molecular formula is C25H17Cl4N3O3. The number of aromatic nitrogens is 1. The monoisotopic (exact) mass is 547 g/mol. The molecule has 0 aliphatic rings. The minimum atomic E-state index is -1.77. The van der Waals surface area contributed by atoms with Crippen molar-refractivity contribution in [1.82, 2.24) is 10.3 Å². The number of carboxylic acid groups (broad SMARTS) is 1. The van der Waals surface area contributed by atoms with Crippen LogP contribution in [0.4, 0.5) is 10.5 Å². The highest BCUT2D eigenvalue weighted by molar-refractivity contribution is 6.40. The van der Waals surface area contributed by atoms with Crippen LogP contribution in [0, 0.1) is 0 Å². The Morgan fingerprint density at radius 1 is 0.857 bits per heavy atom. The molecule has 0 aliphatic heterocycles. The van der Waals surface area contributed by atoms with Gasteiger partial charge in [-0.1, -0.05) is 70.7 Å². The summed E-state index contributed by atoms with van der Waals surface area (Å²) in [6.07, 6.45) is 0. The van der Waals surface area contributed by atoms with E-state index in [0.717, 1.165) is 0 Å². The third-order valence-corrected chi connectivity index (χ3v) is 6.74. The van der Waals surface area contributed by atoms with Crippen molar-refractivity contribution in [2.24, 2.45) is 0 Å². The van der Waals surface area contributed by atoms with Crippen LogP contribution in [0.5, 0.6) is 0 Å². The Morgan fingerprint density at radius 3 is 2.06 bits per heavy atom. The van der Waals surface area contributed by atoms with E-state index in [4.69, 9.17) is 46.4 Å². The maximum atomic E-state index is 12.7. The summed E-state index contributed by atoms with van der Waals surface area (Å²) in [6, 6.07) is 17.6. The number of benzene rings is 3. The first-order chi connectivity index (χ1) is 16.6. The van der Waals surface area contributed by atoms with Crippen molar-refractivity contribution in [2.45, 2.75) is 12.5 Å². The van der Waals surface area contributed by atoms with Crippen molar-refractivity contribution in [2.75, 3.05) is 5.32 Å². The molecule has 3 aromatic carbocycles. The van der Waals surface area contributed by atoms with Crippen LogP contribution in [0.15, 0.2) is 66.7 Å². The summed E-state index contributed by atoms with van der Waals surface area (Å²) in [5, 5.41) is 17.1. The molecule has 6 nitrogen and oxygen atoms in total. The molecule has 0 saturated heterocycles. The molecule has 0 fully saturated rings. The van der Waals surface area contributed by atoms with Gasteiger partial charge in [-0.05, 0) is 55.0 Å². The molecular weight excluding hydrogens is 532 g/mol. The largest absolute Gasteiger partial charge is 0.479 e. The van der Waals surface area contributed by atoms with Crippen LogP contribution in [-0.2, 0) is 10.3 Å². The fraction of sp³-hybridized carbons (Fsp3) is 0.0800. The molecule has 0 aliphatic carbocycles. The van der Waals surface area contributed by atoms with Crippen molar-refractivity contribution in [3.8, 4) is 11.3 Å². The number of hydrogen-bond acceptors (Lipinski definition) is 3. The Labute approximate surface area is 220 Å². The molecule has 4 rings (SSSR count). The summed E-state index contributed by atoms with van der Waals surface area (Å²) in [5.41, 5.74) is 0.529. The number of anilines is 1. The number of fused-ring (bicyclic) bond motifs is 1. The number of halogens is 4. The zero-order valence-electron chi connectivity index (χ0n) is 18.1. The van der Waals surface area contributed by atoms with Gasteiger partial charge in [-0.3, -0.25) is 0 Å². The summed E-state index contributed by atoms with van der Waals surface area (Å²) in [5.74, 6) is -1.26. The third kappa shape index (κ3) is 5.02. The molecule has 10 heteroatoms. The number of pyridine rings is 1. The second-order valence-electron chi connectivity index (χ2n) is 7.81. The maximum absolute atomic E-state index is 12.7. The smallest absolute Gasteiger partial charge is 0.333 e. The highest BCUT2D eigenvalue weighted by Gasteiger charge is 2.37. The summed E-state index contributed by atoms with van der Waals surface area (Å²) in [7, 11) is 0. The molecule has 4 aromatic rings. The SMILES string of the molecule is C[C@@](NC(=O)Nc1c(Cl)cccc1Cl)(C(=O)O)c1ccc2nc(-c3c(Cl)cccc3Cl)ccc2c1. The summed E-state index contributed by atoms with van der Waals surface area (Å²) < 4.78 is 0. The zero-order valence-corrected chi connectivity index (χ0v) is 21.1. The standard InChI is InChI=1S/C25H17Cl4N3O3/c1-25(23(33)34,32-24(35)31-22-17(28)6-3-7-18(22)29)14-9-11-19-13(12-14)8-10-20(30-19)21-15(26)4-2-5-16(21)27/h2-12H,1H3,(H,33,34)(H2,31,32,35)/t25-/m0/s1. The van der Waals surface area contributed by atoms with Crippen molar-refractivity contribution >= 4 is 75.0 Å². The van der Waals surface area contributed by atoms with Crippen LogP contribution >= 0.6 is 46.4 Å². The van der Waals surface area contributed by atoms with E-state index in [2.05, 4.69) is 15.6 Å². The van der Waals surface area contributed by atoms with E-state index in [1.165, 1.54) is 6.92 Å². The lowest BCUT2D eigenvalue weighted by Crippen LogP contribution is -2.51. The molecule has 178 valence electrons. The van der Waals surface area contributed by atoms with Crippen molar-refractivity contribution in [1.29, 1.82) is 0 Å². The van der Waals surface area contributed by atoms with E-state index in [-0.39, 0.29) is 15.7 Å². The molecule has 1 heterocycles. The van der Waals surface area contributed by atoms with Crippen LogP contribution in [0.3, 0.4) is 0 Å². The molecule has 3 N–H and O–H groups in total. The highest BCUT2D eigenvalue weighted by atomic mass is 35.5. The summed E-state index contributed by atoms with van der Waals surface area (Å²) in [4.78, 5) is 29.6. The number of carboxylic acids is 1. The van der Waals surface area contributed by atoms with E-state index in [1.54, 1.807) is 66.7 Å². The van der Waals surface area contributed by atoms with Gasteiger partial charge in [-0.15, -0.1) is 0 Å². The number of rotatable bonds is 5. The van der Waals surface area contributed by atoms with Crippen LogP contribution in [-0.4, -0.2) is 22.1 Å². The van der Waals surface area contributed by atoms with Crippen LogP contribution in [0.1, 0.15) is 12.5 Å². The van der Waals surface area contributed by atoms with Gasteiger partial charge in [0.15, 0.2) is 5.54 Å². The Balaban J connectivity index is 1.67. The number of amides is 2. The van der Waals surface area contributed by atoms with Crippen LogP contribution in [0.25, 0.3) is 22.2 Å². The van der Waals surface area contributed by atoms with Gasteiger partial charge in [0.1, 0.15) is 0 Å². The number of carbonyl (C=O) groups is 2. The number of para-hydroxylation sites is 1. The van der Waals surface area contributed by atoms with Gasteiger partial charge >= 0.3 is 12.0 Å². The average Bonchev–Trinajstić information content (AvgIpc) is 2.81. The second-order valence-corrected chi connectivity index (χ2v) is 9.44. The van der Waals surface area contributed by atoms with Gasteiger partial charge in [0.2, 0.25) is 0 Å². The van der Waals surface area contributed by atoms with Gasteiger partial charge in [0.25, 0.3) is 0 Å². The first kappa shape index (κ1) is 25.1. The first-order valence-corrected chi connectivity index (χ1v) is 11.7. The number of hydrogen-bond donors (Lipinski definition) is 3. The van der Waals surface area contributed by atoms with Gasteiger partial charge < -0.3 is 15.7 Å². The van der Waals surface area contributed by atoms with Gasteiger partial charge in [-0.25, -0.2) is 14.6 Å². The molecule has 0 saturated carbocycles. The van der Waals surface area contributed by atoms with Crippen molar-refractivity contribution in [3.05, 3.63) is 92.4 Å². The van der Waals surface area contributed by atoms with Crippen molar-refractivity contribution < 1.29 is 14.7 Å². The van der Waals surface area contributed by atoms with Crippen LogP contribution < -0.4 is 10.6 Å². The van der Waals surface area contributed by atoms with Gasteiger partial charge in [-0.2, -0.15) is 0 Å². The summed E-state index contributed by atoms with van der Waals surface area (Å²) in [6.45, 7) is 1.38. The second kappa shape index (κ2) is 9.91. The lowest BCUT2D eigenvalue weighted by molar-refractivity contribution is -0.144. The molecule has 1 aromatic heterocycles. The number of carbonyl (C=O) groups excluding carboxylic acids is 1. The minimum absolute atomic E-state index is 0.176. The Kier molecular flexibility index (Phi) is 7.10. The molecule has 0 bridgehead atoms. The average molecular weight is 549 g/mol. The lowest BCUT2D eigenvalue weighted by atomic mass is 9.91. The number of nitrogens with zero attached hydrogens (tertiary/aromatic N) is 1. The fourth-order valence-corrected chi connectivity index (χ4v) is 4.64. The quantitative estimate of drug-likeness (QED) is 0.239. The third-order valence-electron chi connectivity index (χ3n) is 5.48. The number of nitrogens with one attached hydrogen (secondary N) is 2. The maximum Gasteiger partial charge on any atom is 0.333 e. The van der Waals surface area contributed by atoms with Gasteiger partial charge in [0.05, 0.1) is 37.0 Å². The minimum Gasteiger partial charge on any atom is -0.479 e. The first-order valence-electron chi connectivity index (χ1n) is 10.2. The molecule has 0 radical (unpaired) electrons. The zero-order chi connectivity index (χ0) is 25.3. The highest BCUT2D eigenvalue weighted by Crippen LogP contribution is 2.35. The van der Waals surface area contributed by atoms with Crippen molar-refractivity contribution in [3.63, 3.8) is 0 Å². The Hall–Kier alpha value is -3.03. The van der Waals surface area contributed by atoms with E-state index < -0.39 is 17.5 Å². The Morgan fingerprint density at radius 2 is 1.46 bits per heavy atom. The topological polar surface area (TPSA) is 91.3 Å². The fourth-order valence-electron chi connectivity index (χ4n) is 3.56. The molecule has 0 unspecified atom stereocenters. The number of urea groups is 1. The molecule has 0 spiro atoms. The number of aliphatic carboxylic acids is 1. The predicted octanol–water partition coefficient (Wildman–Crippen LogP) is 7.64. The lowest BCUT2D eigenvalue weighted by Gasteiger charge is -2.27. The summed E-state index contributed by atoms with van der Waals surface area (Å²) >= 11 is 24.8. The normalized spacial score (nSPS) is 12.7. The molecule has 2 amide bonds.